The third-order valence-corrected chi connectivity index (χ3v) is 4.23. The van der Waals surface area contributed by atoms with Gasteiger partial charge in [-0.25, -0.2) is 8.78 Å². The minimum absolute atomic E-state index is 0.288. The molecule has 0 bridgehead atoms. The first kappa shape index (κ1) is 18.6. The molecule has 2 rings (SSSR count). The summed E-state index contributed by atoms with van der Waals surface area (Å²) in [5.74, 6) is -4.10. The van der Waals surface area contributed by atoms with E-state index in [4.69, 9.17) is 0 Å². The van der Waals surface area contributed by atoms with Gasteiger partial charge in [0.15, 0.2) is 0 Å². The summed E-state index contributed by atoms with van der Waals surface area (Å²) in [6.07, 6.45) is 0. The molecular weight excluding hydrogens is 328 g/mol. The van der Waals surface area contributed by atoms with Gasteiger partial charge in [0.1, 0.15) is 11.6 Å². The van der Waals surface area contributed by atoms with Gasteiger partial charge in [-0.2, -0.15) is 0 Å². The fourth-order valence-corrected chi connectivity index (χ4v) is 2.40. The Labute approximate surface area is 144 Å². The summed E-state index contributed by atoms with van der Waals surface area (Å²) in [7, 11) is 0. The first-order valence-corrected chi connectivity index (χ1v) is 7.73. The van der Waals surface area contributed by atoms with Crippen LogP contribution < -0.4 is 5.32 Å². The number of hydrogen-bond donors (Lipinski definition) is 2. The molecule has 25 heavy (non-hydrogen) atoms. The van der Waals surface area contributed by atoms with E-state index in [0.717, 1.165) is 12.1 Å². The highest BCUT2D eigenvalue weighted by Gasteiger charge is 2.29. The van der Waals surface area contributed by atoms with Crippen molar-refractivity contribution in [3.63, 3.8) is 0 Å². The van der Waals surface area contributed by atoms with E-state index in [1.807, 2.05) is 0 Å². The van der Waals surface area contributed by atoms with Gasteiger partial charge >= 0.3 is 5.97 Å². The van der Waals surface area contributed by atoms with Crippen molar-refractivity contribution in [3.8, 4) is 0 Å². The third-order valence-electron chi connectivity index (χ3n) is 4.23. The topological polar surface area (TPSA) is 66.4 Å². The molecule has 0 saturated carbocycles. The van der Waals surface area contributed by atoms with Crippen LogP contribution in [-0.2, 0) is 15.0 Å². The van der Waals surface area contributed by atoms with Gasteiger partial charge in [0.05, 0.1) is 11.3 Å². The predicted octanol–water partition coefficient (Wildman–Crippen LogP) is 4.07. The van der Waals surface area contributed by atoms with Crippen molar-refractivity contribution in [2.24, 2.45) is 0 Å². The Kier molecular flexibility index (Phi) is 5.21. The largest absolute Gasteiger partial charge is 0.481 e. The van der Waals surface area contributed by atoms with Crippen molar-refractivity contribution in [1.82, 2.24) is 0 Å². The predicted molar refractivity (Wildman–Crippen MR) is 90.5 cm³/mol. The Hall–Kier alpha value is -2.76. The highest BCUT2D eigenvalue weighted by molar-refractivity contribution is 5.95. The minimum atomic E-state index is -1.06. The number of rotatable bonds is 5. The second-order valence-corrected chi connectivity index (χ2v) is 6.35. The first-order valence-electron chi connectivity index (χ1n) is 7.73. The molecule has 2 N–H and O–H groups in total. The Morgan fingerprint density at radius 1 is 1.04 bits per heavy atom. The molecule has 0 aromatic heterocycles. The van der Waals surface area contributed by atoms with Crippen molar-refractivity contribution >= 4 is 17.6 Å². The zero-order valence-electron chi connectivity index (χ0n) is 14.1. The summed E-state index contributed by atoms with van der Waals surface area (Å²) in [6, 6.07) is 9.75. The molecular formula is C19H19F2NO3. The molecule has 0 radical (unpaired) electrons. The van der Waals surface area contributed by atoms with Gasteiger partial charge in [0.2, 0.25) is 5.91 Å². The second-order valence-electron chi connectivity index (χ2n) is 6.35. The van der Waals surface area contributed by atoms with Crippen molar-refractivity contribution in [2.75, 3.05) is 5.32 Å². The fourth-order valence-electron chi connectivity index (χ4n) is 2.40. The van der Waals surface area contributed by atoms with E-state index >= 15 is 0 Å². The highest BCUT2D eigenvalue weighted by atomic mass is 19.1. The van der Waals surface area contributed by atoms with Gasteiger partial charge in [0, 0.05) is 11.3 Å². The van der Waals surface area contributed by atoms with Crippen LogP contribution in [0.3, 0.4) is 0 Å². The number of nitrogens with one attached hydrogen (secondary N) is 1. The monoisotopic (exact) mass is 347 g/mol. The molecule has 2 aromatic carbocycles. The highest BCUT2D eigenvalue weighted by Crippen LogP contribution is 2.26. The number of amides is 1. The number of carboxylic acid groups (broad SMARTS) is 1. The third kappa shape index (κ3) is 3.84. The molecule has 1 amide bonds. The number of carboxylic acids is 1. The number of hydrogen-bond acceptors (Lipinski definition) is 2. The fraction of sp³-hybridized carbons (Fsp3) is 0.263. The second kappa shape index (κ2) is 7.01. The number of carbonyl (C=O) groups is 2. The van der Waals surface area contributed by atoms with E-state index in [0.29, 0.717) is 11.3 Å². The van der Waals surface area contributed by atoms with E-state index in [1.165, 1.54) is 13.0 Å². The lowest BCUT2D eigenvalue weighted by atomic mass is 9.85. The first-order chi connectivity index (χ1) is 11.6. The lowest BCUT2D eigenvalue weighted by molar-refractivity contribution is -0.142. The number of benzene rings is 2. The Morgan fingerprint density at radius 2 is 1.56 bits per heavy atom. The lowest BCUT2D eigenvalue weighted by Crippen LogP contribution is -2.28. The van der Waals surface area contributed by atoms with Crippen molar-refractivity contribution in [1.29, 1.82) is 0 Å². The van der Waals surface area contributed by atoms with Gasteiger partial charge in [0.25, 0.3) is 0 Å². The van der Waals surface area contributed by atoms with Gasteiger partial charge in [-0.15, -0.1) is 0 Å². The normalized spacial score (nSPS) is 12.5. The molecule has 1 unspecified atom stereocenters. The van der Waals surface area contributed by atoms with Crippen molar-refractivity contribution in [2.45, 2.75) is 32.1 Å². The Balaban J connectivity index is 2.17. The van der Waals surface area contributed by atoms with Crippen LogP contribution in [-0.4, -0.2) is 17.0 Å². The van der Waals surface area contributed by atoms with Gasteiger partial charge in [-0.3, -0.25) is 9.59 Å². The van der Waals surface area contributed by atoms with Gasteiger partial charge < -0.3 is 10.4 Å². The SMILES string of the molecule is CC(C(=O)Nc1ccc(C(C)(C)C(=O)O)cc1)c1c(F)cccc1F. The Morgan fingerprint density at radius 3 is 2.04 bits per heavy atom. The van der Waals surface area contributed by atoms with Crippen LogP contribution in [0, 0.1) is 11.6 Å². The molecule has 4 nitrogen and oxygen atoms in total. The number of halogens is 2. The minimum Gasteiger partial charge on any atom is -0.481 e. The average molecular weight is 347 g/mol. The van der Waals surface area contributed by atoms with Crippen LogP contribution >= 0.6 is 0 Å². The molecule has 1 atom stereocenters. The summed E-state index contributed by atoms with van der Waals surface area (Å²) in [5.41, 5.74) is -0.361. The summed E-state index contributed by atoms with van der Waals surface area (Å²) < 4.78 is 27.6. The molecule has 0 aliphatic carbocycles. The van der Waals surface area contributed by atoms with Crippen LogP contribution in [0.15, 0.2) is 42.5 Å². The molecule has 0 aliphatic rings. The Bertz CT molecular complexity index is 781. The molecule has 132 valence electrons. The number of anilines is 1. The van der Waals surface area contributed by atoms with Crippen LogP contribution in [0.2, 0.25) is 0 Å². The standard InChI is InChI=1S/C19H19F2NO3/c1-11(16-14(20)5-4-6-15(16)21)17(23)22-13-9-7-12(8-10-13)19(2,3)18(24)25/h4-11H,1-3H3,(H,22,23)(H,24,25). The average Bonchev–Trinajstić information content (AvgIpc) is 2.54. The van der Waals surface area contributed by atoms with Crippen LogP contribution in [0.25, 0.3) is 0 Å². The maximum Gasteiger partial charge on any atom is 0.313 e. The number of aliphatic carboxylic acids is 1. The molecule has 0 spiro atoms. The van der Waals surface area contributed by atoms with Crippen LogP contribution in [0.4, 0.5) is 14.5 Å². The molecule has 0 saturated heterocycles. The summed E-state index contributed by atoms with van der Waals surface area (Å²) in [6.45, 7) is 4.57. The van der Waals surface area contributed by atoms with Gasteiger partial charge in [-0.1, -0.05) is 18.2 Å². The van der Waals surface area contributed by atoms with Crippen LogP contribution in [0.5, 0.6) is 0 Å². The molecule has 0 fully saturated rings. The smallest absolute Gasteiger partial charge is 0.313 e. The summed E-state index contributed by atoms with van der Waals surface area (Å²) >= 11 is 0. The van der Waals surface area contributed by atoms with E-state index in [2.05, 4.69) is 5.32 Å². The van der Waals surface area contributed by atoms with Crippen LogP contribution in [0.1, 0.15) is 37.8 Å². The van der Waals surface area contributed by atoms with E-state index in [1.54, 1.807) is 38.1 Å². The van der Waals surface area contributed by atoms with Crippen molar-refractivity contribution in [3.05, 3.63) is 65.2 Å². The lowest BCUT2D eigenvalue weighted by Gasteiger charge is -2.20. The zero-order chi connectivity index (χ0) is 18.8. The molecule has 6 heteroatoms. The van der Waals surface area contributed by atoms with Crippen molar-refractivity contribution < 1.29 is 23.5 Å². The maximum atomic E-state index is 13.8. The van der Waals surface area contributed by atoms with E-state index in [9.17, 15) is 23.5 Å². The quantitative estimate of drug-likeness (QED) is 0.857. The summed E-state index contributed by atoms with van der Waals surface area (Å²) in [4.78, 5) is 23.5. The van der Waals surface area contributed by atoms with E-state index < -0.39 is 34.8 Å². The molecule has 0 aliphatic heterocycles. The maximum absolute atomic E-state index is 13.8. The molecule has 2 aromatic rings. The van der Waals surface area contributed by atoms with Gasteiger partial charge in [-0.05, 0) is 50.6 Å². The van der Waals surface area contributed by atoms with E-state index in [-0.39, 0.29) is 5.56 Å². The summed E-state index contributed by atoms with van der Waals surface area (Å²) in [5, 5.41) is 11.8. The molecule has 0 heterocycles. The number of carbonyl (C=O) groups excluding carboxylic acids is 1. The zero-order valence-corrected chi connectivity index (χ0v) is 14.1.